The molecule has 1 aliphatic carbocycles. The van der Waals surface area contributed by atoms with Crippen LogP contribution in [0.3, 0.4) is 0 Å². The van der Waals surface area contributed by atoms with Crippen LogP contribution in [0.5, 0.6) is 0 Å². The molecule has 0 aromatic carbocycles. The molecule has 228 valence electrons. The third-order valence-corrected chi connectivity index (χ3v) is 9.71. The van der Waals surface area contributed by atoms with Crippen molar-refractivity contribution < 1.29 is 36.4 Å². The molecular formula is C22H22FN11O8P2+2. The number of rotatable bonds is 2. The van der Waals surface area contributed by atoms with E-state index in [-0.39, 0.29) is 64.9 Å². The Morgan fingerprint density at radius 1 is 0.955 bits per heavy atom. The van der Waals surface area contributed by atoms with Gasteiger partial charge in [0.15, 0.2) is 41.1 Å². The molecule has 19 nitrogen and oxygen atoms in total. The molecule has 5 aromatic rings. The van der Waals surface area contributed by atoms with Crippen molar-refractivity contribution >= 4 is 50.4 Å². The number of nitrogens with zero attached hydrogens (tertiary/aromatic N) is 9. The van der Waals surface area contributed by atoms with E-state index in [4.69, 9.17) is 28.6 Å². The SMILES string of the molecule is Nc1ncnc2c1ncn2[C@@H]1O[C@@H]2CO[P+](=O)OC[C@@H]3[C@@H](CO[P+](=O)O[C@H]2[C@H]1F)C[C@H]3n1cnc2c(=O)n3cn[nH]c3nc21. The number of nitrogens with one attached hydrogen (secondary N) is 1. The molecule has 3 aliphatic rings. The van der Waals surface area contributed by atoms with Gasteiger partial charge in [-0.05, 0) is 12.3 Å². The molecule has 22 heteroatoms. The number of ether oxygens (including phenoxy) is 1. The number of imidazole rings is 2. The fraction of sp³-hybridized carbons (Fsp3) is 0.500. The molecule has 0 spiro atoms. The number of aromatic amines is 1. The van der Waals surface area contributed by atoms with Crippen LogP contribution in [0, 0.1) is 11.8 Å². The number of halogens is 1. The summed E-state index contributed by atoms with van der Waals surface area (Å²) in [6, 6.07) is -0.264. The lowest BCUT2D eigenvalue weighted by Crippen LogP contribution is -2.43. The van der Waals surface area contributed by atoms with Crippen LogP contribution in [0.25, 0.3) is 28.1 Å². The van der Waals surface area contributed by atoms with E-state index in [1.54, 1.807) is 4.57 Å². The second kappa shape index (κ2) is 10.6. The second-order valence-electron chi connectivity index (χ2n) is 10.5. The molecule has 1 saturated carbocycles. The van der Waals surface area contributed by atoms with E-state index < -0.39 is 47.7 Å². The maximum absolute atomic E-state index is 15.8. The highest BCUT2D eigenvalue weighted by Crippen LogP contribution is 2.49. The van der Waals surface area contributed by atoms with Crippen LogP contribution in [-0.4, -0.2) is 86.9 Å². The van der Waals surface area contributed by atoms with Gasteiger partial charge in [-0.25, -0.2) is 33.8 Å². The summed E-state index contributed by atoms with van der Waals surface area (Å²) in [4.78, 5) is 33.7. The molecule has 9 atom stereocenters. The third kappa shape index (κ3) is 4.41. The van der Waals surface area contributed by atoms with Gasteiger partial charge in [-0.1, -0.05) is 0 Å². The molecule has 5 aromatic heterocycles. The Labute approximate surface area is 245 Å². The van der Waals surface area contributed by atoms with Crippen molar-refractivity contribution in [3.05, 3.63) is 35.7 Å². The van der Waals surface area contributed by atoms with Gasteiger partial charge in [-0.2, -0.15) is 10.1 Å². The first kappa shape index (κ1) is 27.6. The number of nitrogen functional groups attached to an aromatic ring is 1. The van der Waals surface area contributed by atoms with Crippen LogP contribution in [0.4, 0.5) is 10.2 Å². The van der Waals surface area contributed by atoms with Gasteiger partial charge < -0.3 is 15.0 Å². The van der Waals surface area contributed by atoms with Crippen LogP contribution in [-0.2, 0) is 32.0 Å². The summed E-state index contributed by atoms with van der Waals surface area (Å²) in [5.41, 5.74) is 6.44. The molecule has 44 heavy (non-hydrogen) atoms. The highest BCUT2D eigenvalue weighted by atomic mass is 31.1. The smallest absolute Gasteiger partial charge is 0.382 e. The van der Waals surface area contributed by atoms with Gasteiger partial charge in [0.05, 0.1) is 12.7 Å². The van der Waals surface area contributed by atoms with Gasteiger partial charge in [-0.15, -0.1) is 18.1 Å². The maximum Gasteiger partial charge on any atom is 0.697 e. The molecule has 2 saturated heterocycles. The van der Waals surface area contributed by atoms with Crippen molar-refractivity contribution in [3.63, 3.8) is 0 Å². The summed E-state index contributed by atoms with van der Waals surface area (Å²) in [5, 5.41) is 6.51. The molecule has 0 radical (unpaired) electrons. The number of fused-ring (bicyclic) bond motifs is 5. The Morgan fingerprint density at radius 2 is 1.75 bits per heavy atom. The lowest BCUT2D eigenvalue weighted by atomic mass is 9.70. The number of H-pyrrole nitrogens is 1. The summed E-state index contributed by atoms with van der Waals surface area (Å²) in [6.45, 7) is -0.449. The molecule has 2 aliphatic heterocycles. The Balaban J connectivity index is 1.02. The van der Waals surface area contributed by atoms with E-state index in [0.29, 0.717) is 12.1 Å². The number of anilines is 1. The van der Waals surface area contributed by atoms with Crippen LogP contribution in [0.1, 0.15) is 18.7 Å². The first-order valence-corrected chi connectivity index (χ1v) is 15.6. The van der Waals surface area contributed by atoms with Crippen LogP contribution >= 0.6 is 16.5 Å². The molecule has 3 N–H and O–H groups in total. The number of hydrogen-bond acceptors (Lipinski definition) is 15. The predicted octanol–water partition coefficient (Wildman–Crippen LogP) is 1.37. The minimum Gasteiger partial charge on any atom is -0.382 e. The zero-order valence-electron chi connectivity index (χ0n) is 22.3. The van der Waals surface area contributed by atoms with Gasteiger partial charge in [-0.3, -0.25) is 9.36 Å². The zero-order chi connectivity index (χ0) is 30.1. The van der Waals surface area contributed by atoms with E-state index >= 15 is 4.39 Å². The Hall–Kier alpha value is -3.90. The Morgan fingerprint density at radius 3 is 2.64 bits per heavy atom. The van der Waals surface area contributed by atoms with E-state index in [2.05, 4.69) is 35.1 Å². The van der Waals surface area contributed by atoms with E-state index in [9.17, 15) is 13.9 Å². The van der Waals surface area contributed by atoms with Gasteiger partial charge in [0.2, 0.25) is 5.78 Å². The largest absolute Gasteiger partial charge is 0.697 e. The van der Waals surface area contributed by atoms with Gasteiger partial charge in [0.1, 0.15) is 44.1 Å². The van der Waals surface area contributed by atoms with Crippen molar-refractivity contribution in [3.8, 4) is 0 Å². The molecular weight excluding hydrogens is 627 g/mol. The zero-order valence-corrected chi connectivity index (χ0v) is 24.1. The molecule has 0 bridgehead atoms. The summed E-state index contributed by atoms with van der Waals surface area (Å²) < 4.78 is 73.7. The number of alkyl halides is 1. The number of aromatic nitrogens is 10. The second-order valence-corrected chi connectivity index (χ2v) is 12.4. The van der Waals surface area contributed by atoms with Crippen molar-refractivity contribution in [2.75, 3.05) is 25.6 Å². The van der Waals surface area contributed by atoms with Crippen molar-refractivity contribution in [2.24, 2.45) is 11.8 Å². The number of nitrogens with two attached hydrogens (primary N) is 1. The van der Waals surface area contributed by atoms with E-state index in [1.807, 2.05) is 0 Å². The standard InChI is InChI=1S/C22H21FN11O8P2/c23-13-16-12(41-21(13)33-7-27-14-17(24)25-5-26-18(14)33)4-40-43(36)39-3-10-9(2-38-44(37)42-16)1-11(10)32-6-28-15-19(32)30-22-31-29-8-34(22)20(15)35/h5-13,16,21H,1-4H2,(H2-,24,25,26,30,31,35)/q+1/p+1/t9-,10-,11-,12-,13-,16-,21-/m1/s1. The van der Waals surface area contributed by atoms with Crippen molar-refractivity contribution in [2.45, 2.75) is 37.1 Å². The lowest BCUT2D eigenvalue weighted by Gasteiger charge is -2.43. The summed E-state index contributed by atoms with van der Waals surface area (Å²) in [7, 11) is -5.46. The monoisotopic (exact) mass is 649 g/mol. The maximum atomic E-state index is 15.8. The third-order valence-electron chi connectivity index (χ3n) is 8.21. The van der Waals surface area contributed by atoms with Crippen LogP contribution in [0.2, 0.25) is 0 Å². The summed E-state index contributed by atoms with van der Waals surface area (Å²) in [6.07, 6.45) is 0.136. The predicted molar refractivity (Wildman–Crippen MR) is 144 cm³/mol. The molecule has 0 amide bonds. The normalized spacial score (nSPS) is 31.7. The van der Waals surface area contributed by atoms with Gasteiger partial charge in [0.25, 0.3) is 5.56 Å². The fourth-order valence-electron chi connectivity index (χ4n) is 5.93. The molecule has 3 fully saturated rings. The Kier molecular flexibility index (Phi) is 6.67. The van der Waals surface area contributed by atoms with Crippen LogP contribution in [0.15, 0.2) is 30.1 Å². The lowest BCUT2D eigenvalue weighted by molar-refractivity contribution is -0.0403. The molecule has 7 heterocycles. The number of hydrogen-bond donors (Lipinski definition) is 2. The van der Waals surface area contributed by atoms with E-state index in [1.165, 1.54) is 34.3 Å². The van der Waals surface area contributed by atoms with Crippen molar-refractivity contribution in [1.82, 2.24) is 48.7 Å². The minimum atomic E-state index is -2.79. The Bertz CT molecular complexity index is 2000. The highest BCUT2D eigenvalue weighted by Gasteiger charge is 2.54. The molecule has 8 rings (SSSR count). The highest BCUT2D eigenvalue weighted by molar-refractivity contribution is 7.33. The quantitative estimate of drug-likeness (QED) is 0.257. The first-order valence-electron chi connectivity index (χ1n) is 13.4. The summed E-state index contributed by atoms with van der Waals surface area (Å²) >= 11 is 0. The topological polar surface area (TPSA) is 231 Å². The average molecular weight is 649 g/mol. The van der Waals surface area contributed by atoms with E-state index in [0.717, 1.165) is 0 Å². The summed E-state index contributed by atoms with van der Waals surface area (Å²) in [5.74, 6) is -0.166. The van der Waals surface area contributed by atoms with Crippen LogP contribution < -0.4 is 11.3 Å². The van der Waals surface area contributed by atoms with Gasteiger partial charge in [0, 0.05) is 21.1 Å². The fourth-order valence-corrected chi connectivity index (χ4v) is 7.39. The van der Waals surface area contributed by atoms with Crippen molar-refractivity contribution in [1.29, 1.82) is 0 Å². The first-order chi connectivity index (χ1) is 21.4. The molecule has 2 unspecified atom stereocenters. The van der Waals surface area contributed by atoms with Gasteiger partial charge >= 0.3 is 16.5 Å². The minimum absolute atomic E-state index is 0.0220. The average Bonchev–Trinajstić information content (AvgIpc) is 3.79.